The molecule has 0 saturated carbocycles. The minimum absolute atomic E-state index is 0.0628. The Kier molecular flexibility index (Phi) is 10.5. The van der Waals surface area contributed by atoms with Crippen molar-refractivity contribution in [2.45, 2.75) is 43.2 Å². The molecule has 3 aromatic rings. The van der Waals surface area contributed by atoms with Crippen molar-refractivity contribution in [1.29, 1.82) is 0 Å². The van der Waals surface area contributed by atoms with E-state index in [0.29, 0.717) is 23.4 Å². The smallest absolute Gasteiger partial charge is 0.460 e. The van der Waals surface area contributed by atoms with Gasteiger partial charge < -0.3 is 26.0 Å². The Hall–Kier alpha value is -4.89. The van der Waals surface area contributed by atoms with Gasteiger partial charge in [0.2, 0.25) is 0 Å². The highest BCUT2D eigenvalue weighted by molar-refractivity contribution is 5.92. The maximum absolute atomic E-state index is 13.6. The summed E-state index contributed by atoms with van der Waals surface area (Å²) in [6, 6.07) is 14.9. The van der Waals surface area contributed by atoms with E-state index in [1.54, 1.807) is 18.2 Å². The van der Waals surface area contributed by atoms with Gasteiger partial charge in [-0.25, -0.2) is 9.59 Å². The van der Waals surface area contributed by atoms with E-state index >= 15 is 0 Å². The van der Waals surface area contributed by atoms with E-state index in [1.807, 2.05) is 0 Å². The molecule has 0 saturated heterocycles. The van der Waals surface area contributed by atoms with Gasteiger partial charge in [-0.1, -0.05) is 18.2 Å². The van der Waals surface area contributed by atoms with Crippen molar-refractivity contribution in [1.82, 2.24) is 0 Å². The number of carboxylic acids is 1. The number of carbonyl (C=O) groups excluding carboxylic acids is 1. The third-order valence-corrected chi connectivity index (χ3v) is 6.52. The fourth-order valence-electron chi connectivity index (χ4n) is 3.90. The third-order valence-electron chi connectivity index (χ3n) is 6.52. The second-order valence-electron chi connectivity index (χ2n) is 9.87. The van der Waals surface area contributed by atoms with Gasteiger partial charge in [-0.3, -0.25) is 0 Å². The van der Waals surface area contributed by atoms with Crippen LogP contribution in [0, 0.1) is 0 Å². The van der Waals surface area contributed by atoms with Crippen LogP contribution >= 0.6 is 0 Å². The Bertz CT molecular complexity index is 1570. The summed E-state index contributed by atoms with van der Waals surface area (Å²) in [7, 11) is 0. The van der Waals surface area contributed by atoms with Gasteiger partial charge in [0.15, 0.2) is 0 Å². The standard InChI is InChI=1S/C30H25F9N2O5/c31-27(32,28(33,34)29(35,36)30(37,38)39)13-14-45-22-11-6-19(7-12-22)26(44)46-23-9-1-17(2-10-23)15-20(25(42)43)4-3-18-5-8-21(40)16-24(18)41/h1-2,5-12,15-16H,3-4,13-14,40-41H2,(H,42,43). The minimum Gasteiger partial charge on any atom is -0.493 e. The summed E-state index contributed by atoms with van der Waals surface area (Å²) in [5.74, 6) is -21.8. The number of halogens is 9. The lowest BCUT2D eigenvalue weighted by atomic mass is 10.0. The van der Waals surface area contributed by atoms with E-state index in [2.05, 4.69) is 0 Å². The number of alkyl halides is 9. The fraction of sp³-hybridized carbons (Fsp3) is 0.267. The molecule has 0 amide bonds. The molecule has 0 spiro atoms. The highest BCUT2D eigenvalue weighted by Crippen LogP contribution is 2.54. The first-order valence-electron chi connectivity index (χ1n) is 13.1. The van der Waals surface area contributed by atoms with Crippen LogP contribution in [-0.2, 0) is 11.2 Å². The van der Waals surface area contributed by atoms with Gasteiger partial charge in [-0.05, 0) is 78.6 Å². The number of rotatable bonds is 13. The van der Waals surface area contributed by atoms with Crippen molar-refractivity contribution in [3.05, 3.63) is 89.0 Å². The molecule has 0 aliphatic carbocycles. The number of esters is 1. The summed E-state index contributed by atoms with van der Waals surface area (Å²) in [6.45, 7) is -1.36. The van der Waals surface area contributed by atoms with Gasteiger partial charge in [0.1, 0.15) is 11.5 Å². The van der Waals surface area contributed by atoms with Gasteiger partial charge in [0.25, 0.3) is 0 Å². The normalized spacial score (nSPS) is 12.9. The highest BCUT2D eigenvalue weighted by atomic mass is 19.4. The molecule has 0 bridgehead atoms. The van der Waals surface area contributed by atoms with Crippen molar-refractivity contribution in [3.63, 3.8) is 0 Å². The van der Waals surface area contributed by atoms with E-state index in [9.17, 15) is 54.2 Å². The molecular weight excluding hydrogens is 639 g/mol. The van der Waals surface area contributed by atoms with Crippen LogP contribution in [0.1, 0.15) is 34.3 Å². The van der Waals surface area contributed by atoms with Gasteiger partial charge in [0.05, 0.1) is 18.6 Å². The quantitative estimate of drug-likeness (QED) is 0.0572. The van der Waals surface area contributed by atoms with E-state index in [-0.39, 0.29) is 29.1 Å². The monoisotopic (exact) mass is 664 g/mol. The second kappa shape index (κ2) is 13.6. The zero-order valence-corrected chi connectivity index (χ0v) is 23.4. The lowest BCUT2D eigenvalue weighted by Gasteiger charge is -2.33. The molecular formula is C30H25F9N2O5. The number of ether oxygens (including phenoxy) is 2. The largest absolute Gasteiger partial charge is 0.493 e. The average molecular weight is 665 g/mol. The SMILES string of the molecule is Nc1ccc(CCC(=Cc2ccc(OC(=O)c3ccc(OCCC(F)(F)C(F)(F)C(F)(F)C(F)(F)F)cc3)cc2)C(=O)O)c(N)c1. The maximum atomic E-state index is 13.6. The molecule has 0 atom stereocenters. The summed E-state index contributed by atoms with van der Waals surface area (Å²) in [6.07, 6.45) is -7.16. The first-order valence-corrected chi connectivity index (χ1v) is 13.1. The van der Waals surface area contributed by atoms with Crippen LogP contribution in [0.25, 0.3) is 6.08 Å². The first kappa shape index (κ1) is 35.6. The van der Waals surface area contributed by atoms with Crippen LogP contribution in [0.4, 0.5) is 50.9 Å². The van der Waals surface area contributed by atoms with Crippen molar-refractivity contribution in [2.75, 3.05) is 18.1 Å². The Labute approximate surface area is 255 Å². The number of aryl methyl sites for hydroxylation is 1. The Morgan fingerprint density at radius 1 is 0.783 bits per heavy atom. The number of aliphatic carboxylic acids is 1. The van der Waals surface area contributed by atoms with E-state index < -0.39 is 48.9 Å². The van der Waals surface area contributed by atoms with Crippen molar-refractivity contribution in [2.24, 2.45) is 0 Å². The van der Waals surface area contributed by atoms with Crippen LogP contribution in [0.15, 0.2) is 72.3 Å². The molecule has 0 aromatic heterocycles. The van der Waals surface area contributed by atoms with Gasteiger partial charge in [0, 0.05) is 16.9 Å². The van der Waals surface area contributed by atoms with Gasteiger partial charge in [-0.15, -0.1) is 0 Å². The summed E-state index contributed by atoms with van der Waals surface area (Å²) in [5.41, 5.74) is 13.7. The van der Waals surface area contributed by atoms with Gasteiger partial charge >= 0.3 is 35.9 Å². The van der Waals surface area contributed by atoms with Crippen LogP contribution in [0.5, 0.6) is 11.5 Å². The predicted molar refractivity (Wildman–Crippen MR) is 148 cm³/mol. The van der Waals surface area contributed by atoms with Crippen LogP contribution in [0.3, 0.4) is 0 Å². The molecule has 3 rings (SSSR count). The number of benzene rings is 3. The van der Waals surface area contributed by atoms with E-state index in [0.717, 1.165) is 29.8 Å². The molecule has 0 aliphatic heterocycles. The number of carbonyl (C=O) groups is 2. The van der Waals surface area contributed by atoms with Crippen LogP contribution in [-0.4, -0.2) is 47.6 Å². The molecule has 0 unspecified atom stereocenters. The fourth-order valence-corrected chi connectivity index (χ4v) is 3.90. The summed E-state index contributed by atoms with van der Waals surface area (Å²) in [5, 5.41) is 9.59. The Morgan fingerprint density at radius 2 is 1.37 bits per heavy atom. The molecule has 0 aliphatic rings. The van der Waals surface area contributed by atoms with Crippen molar-refractivity contribution >= 4 is 29.4 Å². The number of hydrogen-bond donors (Lipinski definition) is 3. The lowest BCUT2D eigenvalue weighted by molar-refractivity contribution is -0.397. The molecule has 5 N–H and O–H groups in total. The Morgan fingerprint density at radius 3 is 1.91 bits per heavy atom. The predicted octanol–water partition coefficient (Wildman–Crippen LogP) is 7.41. The lowest BCUT2D eigenvalue weighted by Crippen LogP contribution is -2.61. The number of hydrogen-bond acceptors (Lipinski definition) is 6. The molecule has 3 aromatic carbocycles. The first-order chi connectivity index (χ1) is 21.2. The summed E-state index contributed by atoms with van der Waals surface area (Å²) < 4.78 is 127. The number of nitrogen functional groups attached to an aromatic ring is 2. The summed E-state index contributed by atoms with van der Waals surface area (Å²) >= 11 is 0. The molecule has 46 heavy (non-hydrogen) atoms. The van der Waals surface area contributed by atoms with Crippen molar-refractivity contribution < 1.29 is 63.7 Å². The zero-order chi connectivity index (χ0) is 34.5. The number of carboxylic acid groups (broad SMARTS) is 1. The number of anilines is 2. The molecule has 0 heterocycles. The zero-order valence-electron chi connectivity index (χ0n) is 23.4. The number of nitrogens with two attached hydrogens (primary N) is 2. The molecule has 0 fully saturated rings. The van der Waals surface area contributed by atoms with Crippen molar-refractivity contribution in [3.8, 4) is 11.5 Å². The topological polar surface area (TPSA) is 125 Å². The van der Waals surface area contributed by atoms with E-state index in [1.165, 1.54) is 30.3 Å². The van der Waals surface area contributed by atoms with Gasteiger partial charge in [-0.2, -0.15) is 39.5 Å². The maximum Gasteiger partial charge on any atom is 0.460 e. The molecule has 7 nitrogen and oxygen atoms in total. The molecule has 0 radical (unpaired) electrons. The molecule has 248 valence electrons. The second-order valence-corrected chi connectivity index (χ2v) is 9.87. The van der Waals surface area contributed by atoms with Crippen LogP contribution in [0.2, 0.25) is 0 Å². The summed E-state index contributed by atoms with van der Waals surface area (Å²) in [4.78, 5) is 24.2. The highest BCUT2D eigenvalue weighted by Gasteiger charge is 2.81. The average Bonchev–Trinajstić information content (AvgIpc) is 2.96. The van der Waals surface area contributed by atoms with E-state index in [4.69, 9.17) is 20.9 Å². The minimum atomic E-state index is -6.99. The third kappa shape index (κ3) is 8.22. The Balaban J connectivity index is 1.57. The van der Waals surface area contributed by atoms with Crippen LogP contribution < -0.4 is 20.9 Å². The molecule has 16 heteroatoms.